The van der Waals surface area contributed by atoms with E-state index in [1.807, 2.05) is 25.1 Å². The molecule has 26 heavy (non-hydrogen) atoms. The second-order valence-electron chi connectivity index (χ2n) is 9.74. The molecule has 1 saturated heterocycles. The summed E-state index contributed by atoms with van der Waals surface area (Å²) in [6, 6.07) is 6.36. The van der Waals surface area contributed by atoms with E-state index in [0.29, 0.717) is 16.9 Å². The monoisotopic (exact) mass is 355 g/mol. The molecule has 1 saturated carbocycles. The van der Waals surface area contributed by atoms with Gasteiger partial charge in [-0.1, -0.05) is 20.8 Å². The number of H-pyrrole nitrogens is 1. The van der Waals surface area contributed by atoms with Crippen molar-refractivity contribution < 1.29 is 9.64 Å². The zero-order valence-corrected chi connectivity index (χ0v) is 16.7. The average molecular weight is 356 g/mol. The number of ether oxygens (including phenoxy) is 1. The number of fused-ring (bicyclic) bond motifs is 3. The standard InChI is InChI=1S/C22H30N2O2/c1-14-18(20(25)17-8-16(26-5)6-7-19(17)23-14)11-24-13-22(4)10-15(24)9-21(2,3)12-22/h6-8,15H,9-13H2,1-5H3,(H,23,25)/p+1. The third-order valence-corrected chi connectivity index (χ3v) is 6.60. The molecule has 2 heterocycles. The molecular formula is C22H31N2O2+. The van der Waals surface area contributed by atoms with Gasteiger partial charge in [0.1, 0.15) is 12.3 Å². The zero-order chi connectivity index (χ0) is 18.7. The van der Waals surface area contributed by atoms with Crippen LogP contribution < -0.4 is 15.1 Å². The lowest BCUT2D eigenvalue weighted by Crippen LogP contribution is -3.12. The molecule has 0 amide bonds. The van der Waals surface area contributed by atoms with Crippen LogP contribution in [0.2, 0.25) is 0 Å². The summed E-state index contributed by atoms with van der Waals surface area (Å²) in [5.41, 5.74) is 3.83. The van der Waals surface area contributed by atoms with Gasteiger partial charge in [-0.25, -0.2) is 0 Å². The summed E-state index contributed by atoms with van der Waals surface area (Å²) in [7, 11) is 1.64. The number of pyridine rings is 1. The predicted octanol–water partition coefficient (Wildman–Crippen LogP) is 2.83. The Labute approximate surface area is 155 Å². The van der Waals surface area contributed by atoms with Crippen molar-refractivity contribution in [1.82, 2.24) is 4.98 Å². The van der Waals surface area contributed by atoms with Crippen molar-refractivity contribution in [2.24, 2.45) is 10.8 Å². The van der Waals surface area contributed by atoms with E-state index >= 15 is 0 Å². The Morgan fingerprint density at radius 2 is 2.04 bits per heavy atom. The first-order valence-electron chi connectivity index (χ1n) is 9.74. The Bertz CT molecular complexity index is 914. The van der Waals surface area contributed by atoms with E-state index in [-0.39, 0.29) is 5.43 Å². The average Bonchev–Trinajstić information content (AvgIpc) is 2.79. The van der Waals surface area contributed by atoms with Crippen LogP contribution in [0.3, 0.4) is 0 Å². The summed E-state index contributed by atoms with van der Waals surface area (Å²) >= 11 is 0. The van der Waals surface area contributed by atoms with Crippen LogP contribution in [0.15, 0.2) is 23.0 Å². The van der Waals surface area contributed by atoms with E-state index in [9.17, 15) is 4.79 Å². The molecule has 2 N–H and O–H groups in total. The van der Waals surface area contributed by atoms with Gasteiger partial charge in [0, 0.05) is 34.9 Å². The van der Waals surface area contributed by atoms with E-state index in [1.165, 1.54) is 25.8 Å². The highest BCUT2D eigenvalue weighted by atomic mass is 16.5. The van der Waals surface area contributed by atoms with Crippen molar-refractivity contribution in [2.45, 2.75) is 59.5 Å². The van der Waals surface area contributed by atoms with Crippen molar-refractivity contribution in [2.75, 3.05) is 13.7 Å². The fourth-order valence-electron chi connectivity index (χ4n) is 5.95. The minimum Gasteiger partial charge on any atom is -0.497 e. The van der Waals surface area contributed by atoms with E-state index in [2.05, 4.69) is 25.8 Å². The number of aromatic amines is 1. The van der Waals surface area contributed by atoms with Crippen LogP contribution in [-0.4, -0.2) is 24.7 Å². The topological polar surface area (TPSA) is 46.5 Å². The number of nitrogens with one attached hydrogen (secondary N) is 2. The Balaban J connectivity index is 1.71. The van der Waals surface area contributed by atoms with Crippen molar-refractivity contribution >= 4 is 10.9 Å². The first-order valence-corrected chi connectivity index (χ1v) is 9.74. The highest BCUT2D eigenvalue weighted by Crippen LogP contribution is 2.47. The molecule has 1 aliphatic heterocycles. The maximum Gasteiger partial charge on any atom is 0.198 e. The second-order valence-corrected chi connectivity index (χ2v) is 9.74. The molecule has 2 fully saturated rings. The molecule has 1 aromatic carbocycles. The maximum atomic E-state index is 13.2. The summed E-state index contributed by atoms with van der Waals surface area (Å²) in [4.78, 5) is 18.2. The highest BCUT2D eigenvalue weighted by molar-refractivity contribution is 5.81. The Morgan fingerprint density at radius 1 is 1.27 bits per heavy atom. The molecule has 1 aromatic heterocycles. The molecule has 0 spiro atoms. The van der Waals surface area contributed by atoms with Gasteiger partial charge in [-0.3, -0.25) is 4.79 Å². The number of aromatic nitrogens is 1. The number of hydrogen-bond acceptors (Lipinski definition) is 2. The number of quaternary nitrogens is 1. The van der Waals surface area contributed by atoms with Crippen LogP contribution in [0.25, 0.3) is 10.9 Å². The van der Waals surface area contributed by atoms with E-state index < -0.39 is 0 Å². The van der Waals surface area contributed by atoms with E-state index in [0.717, 1.165) is 34.5 Å². The lowest BCUT2D eigenvalue weighted by atomic mass is 9.65. The quantitative estimate of drug-likeness (QED) is 0.889. The number of aryl methyl sites for hydroxylation is 1. The summed E-state index contributed by atoms with van der Waals surface area (Å²) in [6.07, 6.45) is 3.85. The van der Waals surface area contributed by atoms with Crippen LogP contribution in [0.1, 0.15) is 51.3 Å². The second kappa shape index (κ2) is 5.85. The Kier molecular flexibility index (Phi) is 3.96. The molecule has 1 aliphatic carbocycles. The lowest BCUT2D eigenvalue weighted by Gasteiger charge is -2.37. The molecule has 0 radical (unpaired) electrons. The lowest BCUT2D eigenvalue weighted by molar-refractivity contribution is -0.928. The van der Waals surface area contributed by atoms with Gasteiger partial charge in [-0.05, 0) is 37.0 Å². The van der Waals surface area contributed by atoms with Crippen LogP contribution in [0.5, 0.6) is 5.75 Å². The smallest absolute Gasteiger partial charge is 0.198 e. The summed E-state index contributed by atoms with van der Waals surface area (Å²) < 4.78 is 5.32. The molecule has 2 bridgehead atoms. The summed E-state index contributed by atoms with van der Waals surface area (Å²) in [5.74, 6) is 0.733. The van der Waals surface area contributed by atoms with Gasteiger partial charge in [0.05, 0.1) is 25.3 Å². The largest absolute Gasteiger partial charge is 0.497 e. The van der Waals surface area contributed by atoms with Gasteiger partial charge >= 0.3 is 0 Å². The van der Waals surface area contributed by atoms with Crippen molar-refractivity contribution in [1.29, 1.82) is 0 Å². The van der Waals surface area contributed by atoms with Gasteiger partial charge in [0.25, 0.3) is 0 Å². The first kappa shape index (κ1) is 17.6. The van der Waals surface area contributed by atoms with Gasteiger partial charge in [-0.2, -0.15) is 0 Å². The molecule has 4 rings (SSSR count). The number of benzene rings is 1. The molecule has 4 heteroatoms. The molecule has 2 aliphatic rings. The van der Waals surface area contributed by atoms with Crippen molar-refractivity contribution in [3.8, 4) is 5.75 Å². The molecule has 140 valence electrons. The highest BCUT2D eigenvalue weighted by Gasteiger charge is 2.52. The van der Waals surface area contributed by atoms with Crippen LogP contribution in [-0.2, 0) is 6.54 Å². The molecule has 4 nitrogen and oxygen atoms in total. The number of rotatable bonds is 3. The van der Waals surface area contributed by atoms with E-state index in [1.54, 1.807) is 12.0 Å². The number of likely N-dealkylation sites (tertiary alicyclic amines) is 1. The van der Waals surface area contributed by atoms with E-state index in [4.69, 9.17) is 4.74 Å². The Morgan fingerprint density at radius 3 is 2.77 bits per heavy atom. The fraction of sp³-hybridized carbons (Fsp3) is 0.591. The fourth-order valence-corrected chi connectivity index (χ4v) is 5.95. The first-order chi connectivity index (χ1) is 12.2. The zero-order valence-electron chi connectivity index (χ0n) is 16.7. The minimum absolute atomic E-state index is 0.161. The third-order valence-electron chi connectivity index (χ3n) is 6.60. The van der Waals surface area contributed by atoms with Crippen molar-refractivity contribution in [3.63, 3.8) is 0 Å². The predicted molar refractivity (Wildman–Crippen MR) is 105 cm³/mol. The molecule has 3 unspecified atom stereocenters. The Hall–Kier alpha value is -1.81. The van der Waals surface area contributed by atoms with Gasteiger partial charge in [0.15, 0.2) is 5.43 Å². The summed E-state index contributed by atoms with van der Waals surface area (Å²) in [6.45, 7) is 11.3. The maximum absolute atomic E-state index is 13.2. The molecule has 2 aromatic rings. The van der Waals surface area contributed by atoms with Crippen LogP contribution in [0.4, 0.5) is 0 Å². The third kappa shape index (κ3) is 2.94. The number of methoxy groups -OCH3 is 1. The normalized spacial score (nSPS) is 29.9. The van der Waals surface area contributed by atoms with Gasteiger partial charge in [0.2, 0.25) is 0 Å². The van der Waals surface area contributed by atoms with Crippen molar-refractivity contribution in [3.05, 3.63) is 39.7 Å². The van der Waals surface area contributed by atoms with Gasteiger partial charge in [-0.15, -0.1) is 0 Å². The molecular weight excluding hydrogens is 324 g/mol. The van der Waals surface area contributed by atoms with Crippen LogP contribution >= 0.6 is 0 Å². The number of hydrogen-bond donors (Lipinski definition) is 2. The minimum atomic E-state index is 0.161. The SMILES string of the molecule is COc1ccc2[nH]c(C)c(C[NH+]3CC4(C)CC3CC(C)(C)C4)c(=O)c2c1. The summed E-state index contributed by atoms with van der Waals surface area (Å²) in [5, 5.41) is 0.734. The van der Waals surface area contributed by atoms with Gasteiger partial charge < -0.3 is 14.6 Å². The molecule has 3 atom stereocenters. The van der Waals surface area contributed by atoms with Crippen LogP contribution in [0, 0.1) is 17.8 Å².